The zero-order valence-electron chi connectivity index (χ0n) is 11.7. The molecule has 0 aromatic carbocycles. The number of hydrogen-bond donors (Lipinski definition) is 1. The van der Waals surface area contributed by atoms with Crippen LogP contribution in [0.4, 0.5) is 0 Å². The molecule has 0 spiro atoms. The van der Waals surface area contributed by atoms with Crippen LogP contribution in [-0.4, -0.2) is 24.5 Å². The van der Waals surface area contributed by atoms with Crippen LogP contribution < -0.4 is 5.32 Å². The first-order valence-corrected chi connectivity index (χ1v) is 7.28. The highest BCUT2D eigenvalue weighted by Gasteiger charge is 2.20. The van der Waals surface area contributed by atoms with E-state index in [4.69, 9.17) is 4.42 Å². The largest absolute Gasteiger partial charge is 0.463 e. The fraction of sp³-hybridized carbons (Fsp3) is 0.733. The van der Waals surface area contributed by atoms with E-state index >= 15 is 0 Å². The van der Waals surface area contributed by atoms with Crippen LogP contribution in [0.5, 0.6) is 0 Å². The highest BCUT2D eigenvalue weighted by Crippen LogP contribution is 2.24. The summed E-state index contributed by atoms with van der Waals surface area (Å²) in [4.78, 5) is 2.44. The minimum atomic E-state index is 0.761. The fourth-order valence-corrected chi connectivity index (χ4v) is 2.71. The summed E-state index contributed by atoms with van der Waals surface area (Å²) in [7, 11) is 2.22. The summed E-state index contributed by atoms with van der Waals surface area (Å²) in [6.07, 6.45) is 6.64. The van der Waals surface area contributed by atoms with Crippen LogP contribution in [-0.2, 0) is 13.1 Å². The smallest absolute Gasteiger partial charge is 0.118 e. The van der Waals surface area contributed by atoms with Gasteiger partial charge in [0, 0.05) is 6.04 Å². The van der Waals surface area contributed by atoms with Gasteiger partial charge in [-0.25, -0.2) is 0 Å². The van der Waals surface area contributed by atoms with Crippen LogP contribution >= 0.6 is 0 Å². The number of nitrogens with one attached hydrogen (secondary N) is 1. The van der Waals surface area contributed by atoms with Crippen LogP contribution in [0.15, 0.2) is 16.5 Å². The second-order valence-electron chi connectivity index (χ2n) is 5.40. The Morgan fingerprint density at radius 2 is 2.00 bits per heavy atom. The van der Waals surface area contributed by atoms with E-state index < -0.39 is 0 Å². The SMILES string of the molecule is CCCNCc1ccc(CN(C)C2CCCC2)o1. The Morgan fingerprint density at radius 1 is 1.28 bits per heavy atom. The Kier molecular flexibility index (Phi) is 5.26. The summed E-state index contributed by atoms with van der Waals surface area (Å²) in [5.41, 5.74) is 0. The van der Waals surface area contributed by atoms with E-state index in [0.717, 1.165) is 43.6 Å². The highest BCUT2D eigenvalue weighted by molar-refractivity contribution is 5.07. The predicted molar refractivity (Wildman–Crippen MR) is 74.4 cm³/mol. The van der Waals surface area contributed by atoms with Crippen LogP contribution in [0, 0.1) is 0 Å². The topological polar surface area (TPSA) is 28.4 Å². The third-order valence-electron chi connectivity index (χ3n) is 3.80. The molecule has 3 nitrogen and oxygen atoms in total. The maximum Gasteiger partial charge on any atom is 0.118 e. The molecule has 102 valence electrons. The lowest BCUT2D eigenvalue weighted by atomic mass is 10.2. The minimum absolute atomic E-state index is 0.761. The van der Waals surface area contributed by atoms with E-state index in [1.165, 1.54) is 25.7 Å². The van der Waals surface area contributed by atoms with Gasteiger partial charge in [-0.2, -0.15) is 0 Å². The molecule has 0 unspecified atom stereocenters. The maximum atomic E-state index is 5.86. The Morgan fingerprint density at radius 3 is 2.72 bits per heavy atom. The van der Waals surface area contributed by atoms with Crippen molar-refractivity contribution >= 4 is 0 Å². The molecule has 0 aliphatic heterocycles. The normalized spacial score (nSPS) is 16.8. The van der Waals surface area contributed by atoms with Crippen molar-refractivity contribution < 1.29 is 4.42 Å². The van der Waals surface area contributed by atoms with Crippen molar-refractivity contribution in [2.45, 2.75) is 58.2 Å². The molecule has 1 aliphatic carbocycles. The summed E-state index contributed by atoms with van der Waals surface area (Å²) >= 11 is 0. The van der Waals surface area contributed by atoms with Gasteiger partial charge in [-0.05, 0) is 45.0 Å². The lowest BCUT2D eigenvalue weighted by Crippen LogP contribution is -2.28. The molecule has 1 fully saturated rings. The van der Waals surface area contributed by atoms with E-state index in [1.807, 2.05) is 0 Å². The van der Waals surface area contributed by atoms with Crippen molar-refractivity contribution in [3.63, 3.8) is 0 Å². The van der Waals surface area contributed by atoms with Crippen molar-refractivity contribution in [1.82, 2.24) is 10.2 Å². The second kappa shape index (κ2) is 6.95. The Bertz CT molecular complexity index is 342. The zero-order valence-corrected chi connectivity index (χ0v) is 11.7. The maximum absolute atomic E-state index is 5.86. The van der Waals surface area contributed by atoms with Gasteiger partial charge in [0.1, 0.15) is 11.5 Å². The summed E-state index contributed by atoms with van der Waals surface area (Å²) < 4.78 is 5.86. The monoisotopic (exact) mass is 250 g/mol. The van der Waals surface area contributed by atoms with Gasteiger partial charge in [-0.1, -0.05) is 19.8 Å². The van der Waals surface area contributed by atoms with Gasteiger partial charge < -0.3 is 9.73 Å². The molecule has 0 bridgehead atoms. The van der Waals surface area contributed by atoms with Crippen LogP contribution in [0.3, 0.4) is 0 Å². The van der Waals surface area contributed by atoms with Crippen molar-refractivity contribution in [3.8, 4) is 0 Å². The molecule has 0 amide bonds. The summed E-state index contributed by atoms with van der Waals surface area (Å²) in [6.45, 7) is 5.02. The van der Waals surface area contributed by atoms with Crippen molar-refractivity contribution in [3.05, 3.63) is 23.7 Å². The van der Waals surface area contributed by atoms with Crippen molar-refractivity contribution in [2.75, 3.05) is 13.6 Å². The summed E-state index contributed by atoms with van der Waals surface area (Å²) in [5.74, 6) is 2.15. The lowest BCUT2D eigenvalue weighted by molar-refractivity contribution is 0.217. The fourth-order valence-electron chi connectivity index (χ4n) is 2.71. The molecule has 0 saturated heterocycles. The van der Waals surface area contributed by atoms with Gasteiger partial charge in [0.05, 0.1) is 13.1 Å². The molecule has 1 aliphatic rings. The Labute approximate surface area is 111 Å². The average Bonchev–Trinajstić information content (AvgIpc) is 3.00. The number of furan rings is 1. The quantitative estimate of drug-likeness (QED) is 0.754. The van der Waals surface area contributed by atoms with E-state index in [1.54, 1.807) is 0 Å². The minimum Gasteiger partial charge on any atom is -0.463 e. The number of hydrogen-bond acceptors (Lipinski definition) is 3. The summed E-state index contributed by atoms with van der Waals surface area (Å²) in [6, 6.07) is 4.98. The Hall–Kier alpha value is -0.800. The second-order valence-corrected chi connectivity index (χ2v) is 5.40. The number of rotatable bonds is 7. The molecule has 18 heavy (non-hydrogen) atoms. The molecular formula is C15H26N2O. The molecule has 1 N–H and O–H groups in total. The molecule has 1 saturated carbocycles. The van der Waals surface area contributed by atoms with Gasteiger partial charge in [-0.15, -0.1) is 0 Å². The zero-order chi connectivity index (χ0) is 12.8. The van der Waals surface area contributed by atoms with Crippen LogP contribution in [0.25, 0.3) is 0 Å². The standard InChI is InChI=1S/C15H26N2O/c1-3-10-16-11-14-8-9-15(18-14)12-17(2)13-6-4-5-7-13/h8-9,13,16H,3-7,10-12H2,1-2H3. The summed E-state index contributed by atoms with van der Waals surface area (Å²) in [5, 5.41) is 3.37. The molecule has 0 atom stereocenters. The predicted octanol–water partition coefficient (Wildman–Crippen LogP) is 3.15. The first-order chi connectivity index (χ1) is 8.79. The van der Waals surface area contributed by atoms with Gasteiger partial charge in [-0.3, -0.25) is 4.90 Å². The number of nitrogens with zero attached hydrogens (tertiary/aromatic N) is 1. The first kappa shape index (κ1) is 13.6. The molecule has 2 rings (SSSR count). The van der Waals surface area contributed by atoms with Crippen LogP contribution in [0.1, 0.15) is 50.5 Å². The Balaban J connectivity index is 1.78. The van der Waals surface area contributed by atoms with Gasteiger partial charge in [0.15, 0.2) is 0 Å². The molecule has 1 aromatic heterocycles. The molecule has 0 radical (unpaired) electrons. The molecule has 3 heteroatoms. The van der Waals surface area contributed by atoms with Crippen molar-refractivity contribution in [2.24, 2.45) is 0 Å². The lowest BCUT2D eigenvalue weighted by Gasteiger charge is -2.22. The molecule has 1 heterocycles. The van der Waals surface area contributed by atoms with Crippen LogP contribution in [0.2, 0.25) is 0 Å². The third kappa shape index (κ3) is 3.85. The first-order valence-electron chi connectivity index (χ1n) is 7.28. The average molecular weight is 250 g/mol. The van der Waals surface area contributed by atoms with Crippen molar-refractivity contribution in [1.29, 1.82) is 0 Å². The van der Waals surface area contributed by atoms with Gasteiger partial charge in [0.2, 0.25) is 0 Å². The highest BCUT2D eigenvalue weighted by atomic mass is 16.3. The van der Waals surface area contributed by atoms with E-state index in [-0.39, 0.29) is 0 Å². The third-order valence-corrected chi connectivity index (χ3v) is 3.80. The molecular weight excluding hydrogens is 224 g/mol. The van der Waals surface area contributed by atoms with Gasteiger partial charge >= 0.3 is 0 Å². The van der Waals surface area contributed by atoms with E-state index in [9.17, 15) is 0 Å². The molecule has 1 aromatic rings. The van der Waals surface area contributed by atoms with E-state index in [0.29, 0.717) is 0 Å². The van der Waals surface area contributed by atoms with E-state index in [2.05, 4.69) is 36.3 Å². The van der Waals surface area contributed by atoms with Gasteiger partial charge in [0.25, 0.3) is 0 Å².